The number of aryl methyl sites for hydroxylation is 1. The third kappa shape index (κ3) is 3.32. The lowest BCUT2D eigenvalue weighted by Gasteiger charge is -2.04. The van der Waals surface area contributed by atoms with E-state index in [1.54, 1.807) is 16.9 Å². The molecular formula is C13H13ClFN3O. The van der Waals surface area contributed by atoms with Crippen LogP contribution >= 0.6 is 11.6 Å². The lowest BCUT2D eigenvalue weighted by Crippen LogP contribution is -2.13. The molecule has 2 aromatic rings. The first-order valence-electron chi connectivity index (χ1n) is 5.90. The Kier molecular flexibility index (Phi) is 4.16. The highest BCUT2D eigenvalue weighted by Gasteiger charge is 2.10. The van der Waals surface area contributed by atoms with Crippen molar-refractivity contribution in [3.63, 3.8) is 0 Å². The number of carbonyl (C=O) groups excluding carboxylic acids is 1. The highest BCUT2D eigenvalue weighted by Crippen LogP contribution is 2.19. The zero-order valence-corrected chi connectivity index (χ0v) is 11.1. The minimum atomic E-state index is -0.521. The first-order chi connectivity index (χ1) is 9.10. The Hall–Kier alpha value is -1.88. The third-order valence-corrected chi connectivity index (χ3v) is 2.79. The summed E-state index contributed by atoms with van der Waals surface area (Å²) in [6, 6.07) is 5.64. The largest absolute Gasteiger partial charge is 0.321 e. The van der Waals surface area contributed by atoms with Gasteiger partial charge in [0.15, 0.2) is 5.69 Å². The minimum Gasteiger partial charge on any atom is -0.321 e. The third-order valence-electron chi connectivity index (χ3n) is 2.50. The molecule has 0 aliphatic heterocycles. The lowest BCUT2D eigenvalue weighted by molar-refractivity contribution is 0.102. The molecule has 1 N–H and O–H groups in total. The van der Waals surface area contributed by atoms with Crippen molar-refractivity contribution < 1.29 is 9.18 Å². The predicted molar refractivity (Wildman–Crippen MR) is 71.9 cm³/mol. The van der Waals surface area contributed by atoms with E-state index >= 15 is 0 Å². The molecule has 0 fully saturated rings. The first-order valence-corrected chi connectivity index (χ1v) is 6.28. The molecule has 0 aliphatic rings. The van der Waals surface area contributed by atoms with Crippen LogP contribution in [-0.4, -0.2) is 15.7 Å². The summed E-state index contributed by atoms with van der Waals surface area (Å²) < 4.78 is 14.7. The molecule has 4 nitrogen and oxygen atoms in total. The Morgan fingerprint density at radius 3 is 2.95 bits per heavy atom. The van der Waals surface area contributed by atoms with E-state index in [0.717, 1.165) is 13.0 Å². The number of hydrogen-bond acceptors (Lipinski definition) is 2. The molecule has 1 aromatic carbocycles. The second-order valence-corrected chi connectivity index (χ2v) is 4.45. The number of benzene rings is 1. The molecule has 0 atom stereocenters. The van der Waals surface area contributed by atoms with Crippen molar-refractivity contribution in [2.24, 2.45) is 0 Å². The van der Waals surface area contributed by atoms with Gasteiger partial charge in [0.25, 0.3) is 5.91 Å². The van der Waals surface area contributed by atoms with Gasteiger partial charge in [0, 0.05) is 18.4 Å². The smallest absolute Gasteiger partial charge is 0.276 e. The van der Waals surface area contributed by atoms with Crippen molar-refractivity contribution >= 4 is 23.2 Å². The average Bonchev–Trinajstić information content (AvgIpc) is 2.83. The van der Waals surface area contributed by atoms with E-state index in [2.05, 4.69) is 10.4 Å². The van der Waals surface area contributed by atoms with Gasteiger partial charge in [0.05, 0.1) is 5.02 Å². The first kappa shape index (κ1) is 13.5. The van der Waals surface area contributed by atoms with Gasteiger partial charge in [0.2, 0.25) is 0 Å². The Labute approximate surface area is 115 Å². The molecule has 0 spiro atoms. The van der Waals surface area contributed by atoms with Crippen LogP contribution in [0.2, 0.25) is 5.02 Å². The second-order valence-electron chi connectivity index (χ2n) is 4.05. The molecule has 1 heterocycles. The molecule has 0 aliphatic carbocycles. The van der Waals surface area contributed by atoms with Gasteiger partial charge in [-0.05, 0) is 30.7 Å². The zero-order valence-electron chi connectivity index (χ0n) is 10.4. The quantitative estimate of drug-likeness (QED) is 0.934. The summed E-state index contributed by atoms with van der Waals surface area (Å²) in [6.07, 6.45) is 2.69. The van der Waals surface area contributed by atoms with Crippen molar-refractivity contribution in [2.75, 3.05) is 5.32 Å². The number of anilines is 1. The zero-order chi connectivity index (χ0) is 13.8. The Morgan fingerprint density at radius 1 is 1.47 bits per heavy atom. The highest BCUT2D eigenvalue weighted by atomic mass is 35.5. The van der Waals surface area contributed by atoms with Gasteiger partial charge in [-0.25, -0.2) is 4.39 Å². The molecule has 6 heteroatoms. The number of nitrogens with one attached hydrogen (secondary N) is 1. The summed E-state index contributed by atoms with van der Waals surface area (Å²) in [5.74, 6) is -0.871. The molecule has 0 bridgehead atoms. The van der Waals surface area contributed by atoms with Crippen molar-refractivity contribution in [3.05, 3.63) is 47.0 Å². The molecule has 2 rings (SSSR count). The number of hydrogen-bond donors (Lipinski definition) is 1. The van der Waals surface area contributed by atoms with E-state index in [1.807, 2.05) is 6.92 Å². The van der Waals surface area contributed by atoms with Crippen LogP contribution in [0, 0.1) is 5.82 Å². The fourth-order valence-electron chi connectivity index (χ4n) is 1.61. The van der Waals surface area contributed by atoms with E-state index in [0.29, 0.717) is 11.4 Å². The number of amides is 1. The molecule has 19 heavy (non-hydrogen) atoms. The maximum Gasteiger partial charge on any atom is 0.276 e. The average molecular weight is 282 g/mol. The fraction of sp³-hybridized carbons (Fsp3) is 0.231. The fourth-order valence-corrected chi connectivity index (χ4v) is 1.79. The molecule has 0 saturated heterocycles. The Morgan fingerprint density at radius 2 is 2.26 bits per heavy atom. The van der Waals surface area contributed by atoms with Gasteiger partial charge in [0.1, 0.15) is 5.82 Å². The second kappa shape index (κ2) is 5.84. The van der Waals surface area contributed by atoms with Crippen molar-refractivity contribution in [1.29, 1.82) is 0 Å². The van der Waals surface area contributed by atoms with Gasteiger partial charge in [-0.2, -0.15) is 5.10 Å². The summed E-state index contributed by atoms with van der Waals surface area (Å²) in [5.41, 5.74) is 0.746. The maximum atomic E-state index is 13.0. The van der Waals surface area contributed by atoms with Crippen molar-refractivity contribution in [3.8, 4) is 0 Å². The van der Waals surface area contributed by atoms with Crippen LogP contribution in [-0.2, 0) is 6.54 Å². The topological polar surface area (TPSA) is 46.9 Å². The van der Waals surface area contributed by atoms with E-state index in [9.17, 15) is 9.18 Å². The van der Waals surface area contributed by atoms with Gasteiger partial charge in [-0.1, -0.05) is 18.5 Å². The van der Waals surface area contributed by atoms with Crippen LogP contribution in [0.4, 0.5) is 10.1 Å². The van der Waals surface area contributed by atoms with Crippen molar-refractivity contribution in [1.82, 2.24) is 9.78 Å². The number of carbonyl (C=O) groups is 1. The predicted octanol–water partition coefficient (Wildman–Crippen LogP) is 3.34. The van der Waals surface area contributed by atoms with Crippen LogP contribution in [0.25, 0.3) is 0 Å². The standard InChI is InChI=1S/C13H13ClFN3O/c1-2-6-18-7-5-12(17-18)13(19)16-9-3-4-11(15)10(14)8-9/h3-5,7-8H,2,6H2,1H3,(H,16,19). The van der Waals surface area contributed by atoms with Crippen molar-refractivity contribution in [2.45, 2.75) is 19.9 Å². The van der Waals surface area contributed by atoms with Gasteiger partial charge < -0.3 is 5.32 Å². The lowest BCUT2D eigenvalue weighted by atomic mass is 10.3. The van der Waals surface area contributed by atoms with Crippen LogP contribution in [0.15, 0.2) is 30.5 Å². The number of rotatable bonds is 4. The van der Waals surface area contributed by atoms with Gasteiger partial charge in [-0.15, -0.1) is 0 Å². The molecule has 0 saturated carbocycles. The highest BCUT2D eigenvalue weighted by molar-refractivity contribution is 6.31. The maximum absolute atomic E-state index is 13.0. The van der Waals surface area contributed by atoms with Crippen LogP contribution in [0.5, 0.6) is 0 Å². The number of aromatic nitrogens is 2. The van der Waals surface area contributed by atoms with Crippen LogP contribution in [0.3, 0.4) is 0 Å². The van der Waals surface area contributed by atoms with Crippen LogP contribution < -0.4 is 5.32 Å². The van der Waals surface area contributed by atoms with E-state index < -0.39 is 5.82 Å². The van der Waals surface area contributed by atoms with E-state index in [4.69, 9.17) is 11.6 Å². The van der Waals surface area contributed by atoms with E-state index in [-0.39, 0.29) is 10.9 Å². The molecule has 0 unspecified atom stereocenters. The van der Waals surface area contributed by atoms with E-state index in [1.165, 1.54) is 18.2 Å². The molecule has 0 radical (unpaired) electrons. The van der Waals surface area contributed by atoms with Gasteiger partial charge >= 0.3 is 0 Å². The Balaban J connectivity index is 2.09. The summed E-state index contributed by atoms with van der Waals surface area (Å²) >= 11 is 5.64. The SMILES string of the molecule is CCCn1ccc(C(=O)Nc2ccc(F)c(Cl)c2)n1. The molecule has 100 valence electrons. The van der Waals surface area contributed by atoms with Gasteiger partial charge in [-0.3, -0.25) is 9.48 Å². The molecule has 1 amide bonds. The minimum absolute atomic E-state index is 0.0330. The molecular weight excluding hydrogens is 269 g/mol. The summed E-state index contributed by atoms with van der Waals surface area (Å²) in [6.45, 7) is 2.79. The Bertz CT molecular complexity index is 597. The summed E-state index contributed by atoms with van der Waals surface area (Å²) in [4.78, 5) is 11.9. The van der Waals surface area contributed by atoms with Crippen LogP contribution in [0.1, 0.15) is 23.8 Å². The monoisotopic (exact) mass is 281 g/mol. The number of nitrogens with zero attached hydrogens (tertiary/aromatic N) is 2. The normalized spacial score (nSPS) is 10.5. The summed E-state index contributed by atoms with van der Waals surface area (Å²) in [5, 5.41) is 6.72. The molecule has 1 aromatic heterocycles. The number of halogens is 2. The summed E-state index contributed by atoms with van der Waals surface area (Å²) in [7, 11) is 0.